The average molecular weight is 242 g/mol. The van der Waals surface area contributed by atoms with E-state index in [1.807, 2.05) is 12.1 Å². The van der Waals surface area contributed by atoms with Crippen molar-refractivity contribution < 1.29 is 4.79 Å². The Kier molecular flexibility index (Phi) is 4.35. The lowest BCUT2D eigenvalue weighted by atomic mass is 9.81. The van der Waals surface area contributed by atoms with Gasteiger partial charge in [-0.3, -0.25) is 4.79 Å². The maximum atomic E-state index is 11.2. The number of rotatable bonds is 4. The van der Waals surface area contributed by atoms with E-state index in [0.29, 0.717) is 12.3 Å². The van der Waals surface area contributed by atoms with Crippen molar-refractivity contribution in [3.63, 3.8) is 0 Å². The van der Waals surface area contributed by atoms with E-state index >= 15 is 0 Å². The molecule has 1 saturated carbocycles. The molecule has 0 heterocycles. The van der Waals surface area contributed by atoms with Gasteiger partial charge in [-0.1, -0.05) is 50.1 Å². The zero-order chi connectivity index (χ0) is 13.0. The fraction of sp³-hybridized carbons (Fsp3) is 0.471. The Balaban J connectivity index is 2.11. The van der Waals surface area contributed by atoms with E-state index in [2.05, 4.69) is 18.7 Å². The Morgan fingerprint density at radius 2 is 2.00 bits per heavy atom. The van der Waals surface area contributed by atoms with Crippen molar-refractivity contribution in [2.45, 2.75) is 45.4 Å². The Bertz CT molecular complexity index is 439. The van der Waals surface area contributed by atoms with Crippen molar-refractivity contribution in [2.75, 3.05) is 0 Å². The molecule has 1 aliphatic rings. The van der Waals surface area contributed by atoms with Crippen LogP contribution in [-0.4, -0.2) is 5.78 Å². The number of hydrogen-bond acceptors (Lipinski definition) is 1. The van der Waals surface area contributed by atoms with Crippen molar-refractivity contribution in [1.82, 2.24) is 0 Å². The molecule has 0 saturated heterocycles. The molecule has 0 amide bonds. The fourth-order valence-electron chi connectivity index (χ4n) is 2.86. The molecule has 0 N–H and O–H groups in total. The SMILES string of the molecule is C=C(c1cccc(CC(C)=O)c1)C1CCCCC1. The highest BCUT2D eigenvalue weighted by Crippen LogP contribution is 2.34. The summed E-state index contributed by atoms with van der Waals surface area (Å²) in [5.41, 5.74) is 3.60. The minimum atomic E-state index is 0.218. The number of Topliss-reactive ketones (excluding diaryl/α,β-unsaturated/α-hetero) is 1. The molecule has 1 heteroatoms. The molecule has 1 aliphatic carbocycles. The van der Waals surface area contributed by atoms with Crippen LogP contribution in [0, 0.1) is 5.92 Å². The van der Waals surface area contributed by atoms with E-state index in [1.54, 1.807) is 6.92 Å². The Morgan fingerprint density at radius 3 is 2.67 bits per heavy atom. The first-order valence-electron chi connectivity index (χ1n) is 6.94. The van der Waals surface area contributed by atoms with Crippen molar-refractivity contribution in [1.29, 1.82) is 0 Å². The van der Waals surface area contributed by atoms with Gasteiger partial charge in [0.25, 0.3) is 0 Å². The summed E-state index contributed by atoms with van der Waals surface area (Å²) in [5, 5.41) is 0. The minimum absolute atomic E-state index is 0.218. The summed E-state index contributed by atoms with van der Waals surface area (Å²) < 4.78 is 0. The minimum Gasteiger partial charge on any atom is -0.300 e. The predicted octanol–water partition coefficient (Wildman–Crippen LogP) is 4.41. The van der Waals surface area contributed by atoms with Crippen molar-refractivity contribution in [3.8, 4) is 0 Å². The van der Waals surface area contributed by atoms with E-state index in [4.69, 9.17) is 0 Å². The molecule has 0 aromatic heterocycles. The van der Waals surface area contributed by atoms with Gasteiger partial charge in [0, 0.05) is 6.42 Å². The van der Waals surface area contributed by atoms with Gasteiger partial charge in [0.15, 0.2) is 0 Å². The molecule has 0 spiro atoms. The van der Waals surface area contributed by atoms with Crippen LogP contribution < -0.4 is 0 Å². The number of benzene rings is 1. The van der Waals surface area contributed by atoms with Crippen LogP contribution in [0.1, 0.15) is 50.2 Å². The van der Waals surface area contributed by atoms with E-state index < -0.39 is 0 Å². The second kappa shape index (κ2) is 5.99. The summed E-state index contributed by atoms with van der Waals surface area (Å²) in [7, 11) is 0. The first-order valence-corrected chi connectivity index (χ1v) is 6.94. The van der Waals surface area contributed by atoms with Gasteiger partial charge >= 0.3 is 0 Å². The lowest BCUT2D eigenvalue weighted by molar-refractivity contribution is -0.116. The lowest BCUT2D eigenvalue weighted by Gasteiger charge is -2.24. The van der Waals surface area contributed by atoms with Gasteiger partial charge in [-0.2, -0.15) is 0 Å². The fourth-order valence-corrected chi connectivity index (χ4v) is 2.86. The zero-order valence-electron chi connectivity index (χ0n) is 11.2. The molecule has 0 atom stereocenters. The van der Waals surface area contributed by atoms with Crippen LogP contribution in [0.25, 0.3) is 5.57 Å². The lowest BCUT2D eigenvalue weighted by Crippen LogP contribution is -2.08. The molecule has 18 heavy (non-hydrogen) atoms. The van der Waals surface area contributed by atoms with E-state index in [9.17, 15) is 4.79 Å². The molecule has 1 aromatic carbocycles. The maximum absolute atomic E-state index is 11.2. The molecule has 1 aromatic rings. The number of hydrogen-bond donors (Lipinski definition) is 0. The van der Waals surface area contributed by atoms with Gasteiger partial charge in [0.05, 0.1) is 0 Å². The first kappa shape index (κ1) is 13.1. The molecule has 1 fully saturated rings. The maximum Gasteiger partial charge on any atom is 0.134 e. The quantitative estimate of drug-likeness (QED) is 0.764. The molecule has 96 valence electrons. The van der Waals surface area contributed by atoms with Crippen LogP contribution in [-0.2, 0) is 11.2 Å². The third-order valence-corrected chi connectivity index (χ3v) is 3.85. The van der Waals surface area contributed by atoms with Crippen LogP contribution >= 0.6 is 0 Å². The summed E-state index contributed by atoms with van der Waals surface area (Å²) in [5.74, 6) is 0.863. The summed E-state index contributed by atoms with van der Waals surface area (Å²) in [6, 6.07) is 8.33. The summed E-state index contributed by atoms with van der Waals surface area (Å²) in [6.45, 7) is 5.93. The number of allylic oxidation sites excluding steroid dienone is 1. The second-order valence-electron chi connectivity index (χ2n) is 5.44. The van der Waals surface area contributed by atoms with E-state index in [0.717, 1.165) is 5.56 Å². The normalized spacial score (nSPS) is 16.5. The van der Waals surface area contributed by atoms with Gasteiger partial charge in [-0.05, 0) is 42.4 Å². The molecular weight excluding hydrogens is 220 g/mol. The smallest absolute Gasteiger partial charge is 0.134 e. The third-order valence-electron chi connectivity index (χ3n) is 3.85. The van der Waals surface area contributed by atoms with Crippen LogP contribution in [0.5, 0.6) is 0 Å². The van der Waals surface area contributed by atoms with Gasteiger partial charge in [0.2, 0.25) is 0 Å². The highest BCUT2D eigenvalue weighted by molar-refractivity contribution is 5.78. The Labute approximate surface area is 110 Å². The molecule has 0 unspecified atom stereocenters. The first-order chi connectivity index (χ1) is 8.66. The van der Waals surface area contributed by atoms with Crippen LogP contribution in [0.4, 0.5) is 0 Å². The van der Waals surface area contributed by atoms with Crippen LogP contribution in [0.15, 0.2) is 30.8 Å². The highest BCUT2D eigenvalue weighted by atomic mass is 16.1. The molecule has 1 nitrogen and oxygen atoms in total. The standard InChI is InChI=1S/C17H22O/c1-13(18)11-15-7-6-10-17(12-15)14(2)16-8-4-3-5-9-16/h6-7,10,12,16H,2-5,8-9,11H2,1H3. The van der Waals surface area contributed by atoms with Crippen molar-refractivity contribution in [2.24, 2.45) is 5.92 Å². The Hall–Kier alpha value is -1.37. The van der Waals surface area contributed by atoms with Crippen molar-refractivity contribution >= 4 is 11.4 Å². The van der Waals surface area contributed by atoms with Crippen LogP contribution in [0.3, 0.4) is 0 Å². The molecular formula is C17H22O. The summed E-state index contributed by atoms with van der Waals surface area (Å²) >= 11 is 0. The zero-order valence-corrected chi connectivity index (χ0v) is 11.2. The number of carbonyl (C=O) groups excluding carboxylic acids is 1. The monoisotopic (exact) mass is 242 g/mol. The third kappa shape index (κ3) is 3.32. The largest absolute Gasteiger partial charge is 0.300 e. The molecule has 0 aliphatic heterocycles. The highest BCUT2D eigenvalue weighted by Gasteiger charge is 2.17. The second-order valence-corrected chi connectivity index (χ2v) is 5.44. The van der Waals surface area contributed by atoms with Gasteiger partial charge < -0.3 is 0 Å². The molecule has 0 radical (unpaired) electrons. The average Bonchev–Trinajstić information content (AvgIpc) is 2.38. The van der Waals surface area contributed by atoms with E-state index in [1.165, 1.54) is 43.2 Å². The summed E-state index contributed by atoms with van der Waals surface area (Å²) in [4.78, 5) is 11.2. The molecule has 0 bridgehead atoms. The predicted molar refractivity (Wildman–Crippen MR) is 76.4 cm³/mol. The number of carbonyl (C=O) groups is 1. The number of ketones is 1. The summed E-state index contributed by atoms with van der Waals surface area (Å²) in [6.07, 6.45) is 7.11. The van der Waals surface area contributed by atoms with Crippen molar-refractivity contribution in [3.05, 3.63) is 42.0 Å². The van der Waals surface area contributed by atoms with Gasteiger partial charge in [-0.15, -0.1) is 0 Å². The molecule has 2 rings (SSSR count). The van der Waals surface area contributed by atoms with Crippen LogP contribution in [0.2, 0.25) is 0 Å². The topological polar surface area (TPSA) is 17.1 Å². The van der Waals surface area contributed by atoms with Gasteiger partial charge in [-0.25, -0.2) is 0 Å². The Morgan fingerprint density at radius 1 is 1.28 bits per heavy atom. The van der Waals surface area contributed by atoms with E-state index in [-0.39, 0.29) is 5.78 Å². The van der Waals surface area contributed by atoms with Gasteiger partial charge in [0.1, 0.15) is 5.78 Å².